The van der Waals surface area contributed by atoms with Crippen LogP contribution in [0.15, 0.2) is 0 Å². The number of nitrogens with one attached hydrogen (secondary N) is 2. The summed E-state index contributed by atoms with van der Waals surface area (Å²) in [6.07, 6.45) is -5.71. The molecule has 1 aromatic carbocycles. The predicted octanol–water partition coefficient (Wildman–Crippen LogP) is 5.01. The van der Waals surface area contributed by atoms with Crippen LogP contribution in [-0.2, 0) is 15.7 Å². The van der Waals surface area contributed by atoms with Gasteiger partial charge in [-0.15, -0.1) is 11.3 Å². The number of carbonyl (C=O) groups is 2. The standard InChI is InChI=1S/C17H11F7N2O4S2/c1-4-5(14(27)29-2)13(32-12(4)15(28)30-3)26-16(31)25-11-9(20)7(18)6(17(22,23)24)8(19)10(11)21/h1-3H3,(H2,25,26,31). The van der Waals surface area contributed by atoms with Gasteiger partial charge >= 0.3 is 18.1 Å². The second kappa shape index (κ2) is 9.28. The lowest BCUT2D eigenvalue weighted by atomic mass is 10.1. The number of thiocarbonyl (C=S) groups is 1. The van der Waals surface area contributed by atoms with E-state index in [1.807, 2.05) is 0 Å². The number of hydrogen-bond acceptors (Lipinski definition) is 6. The Labute approximate surface area is 184 Å². The van der Waals surface area contributed by atoms with Crippen molar-refractivity contribution in [2.45, 2.75) is 13.1 Å². The molecule has 0 radical (unpaired) electrons. The number of halogens is 7. The number of ether oxygens (including phenoxy) is 2. The summed E-state index contributed by atoms with van der Waals surface area (Å²) >= 11 is 5.40. The van der Waals surface area contributed by atoms with Crippen molar-refractivity contribution in [2.75, 3.05) is 24.9 Å². The van der Waals surface area contributed by atoms with Crippen LogP contribution >= 0.6 is 23.6 Å². The highest BCUT2D eigenvalue weighted by atomic mass is 32.1. The normalized spacial score (nSPS) is 11.2. The summed E-state index contributed by atoms with van der Waals surface area (Å²) in [6.45, 7) is 1.36. The minimum atomic E-state index is -5.71. The van der Waals surface area contributed by atoms with E-state index in [2.05, 4.69) is 14.8 Å². The molecule has 0 fully saturated rings. The summed E-state index contributed by atoms with van der Waals surface area (Å²) in [5.74, 6) is -11.9. The molecule has 0 spiro atoms. The van der Waals surface area contributed by atoms with Gasteiger partial charge in [-0.1, -0.05) is 0 Å². The van der Waals surface area contributed by atoms with Crippen molar-refractivity contribution in [3.05, 3.63) is 44.8 Å². The molecule has 0 amide bonds. The monoisotopic (exact) mass is 504 g/mol. The van der Waals surface area contributed by atoms with Crippen LogP contribution in [0.3, 0.4) is 0 Å². The van der Waals surface area contributed by atoms with Crippen molar-refractivity contribution in [2.24, 2.45) is 0 Å². The average molecular weight is 504 g/mol. The minimum absolute atomic E-state index is 0.0674. The average Bonchev–Trinajstić information content (AvgIpc) is 3.03. The molecule has 0 aliphatic rings. The Morgan fingerprint density at radius 2 is 1.41 bits per heavy atom. The number of thiophene rings is 1. The lowest BCUT2D eigenvalue weighted by molar-refractivity contribution is -0.143. The summed E-state index contributed by atoms with van der Waals surface area (Å²) in [4.78, 5) is 23.8. The van der Waals surface area contributed by atoms with Crippen LogP contribution in [0.25, 0.3) is 0 Å². The van der Waals surface area contributed by atoms with E-state index in [1.165, 1.54) is 6.92 Å². The SMILES string of the molecule is COC(=O)c1sc(NC(=S)Nc2c(F)c(F)c(C(F)(F)F)c(F)c2F)c(C(=O)OC)c1C. The zero-order valence-corrected chi connectivity index (χ0v) is 17.7. The summed E-state index contributed by atoms with van der Waals surface area (Å²) in [7, 11) is 2.09. The molecule has 1 heterocycles. The second-order valence-electron chi connectivity index (χ2n) is 5.83. The molecule has 2 rings (SSSR count). The number of hydrogen-bond donors (Lipinski definition) is 2. The van der Waals surface area contributed by atoms with Crippen LogP contribution in [0.2, 0.25) is 0 Å². The quantitative estimate of drug-likeness (QED) is 0.262. The van der Waals surface area contributed by atoms with Crippen LogP contribution in [0, 0.1) is 30.2 Å². The van der Waals surface area contributed by atoms with Gasteiger partial charge in [0.05, 0.1) is 19.8 Å². The third kappa shape index (κ3) is 4.62. The Kier molecular flexibility index (Phi) is 7.34. The Morgan fingerprint density at radius 3 is 1.84 bits per heavy atom. The summed E-state index contributed by atoms with van der Waals surface area (Å²) in [6, 6.07) is 0. The fourth-order valence-corrected chi connectivity index (χ4v) is 3.86. The zero-order valence-electron chi connectivity index (χ0n) is 16.1. The molecule has 0 aliphatic carbocycles. The van der Waals surface area contributed by atoms with Gasteiger partial charge in [-0.25, -0.2) is 27.2 Å². The summed E-state index contributed by atoms with van der Waals surface area (Å²) in [5.41, 5.74) is -4.51. The van der Waals surface area contributed by atoms with Gasteiger partial charge in [0, 0.05) is 0 Å². The van der Waals surface area contributed by atoms with E-state index in [0.29, 0.717) is 11.3 Å². The Hall–Kier alpha value is -2.94. The van der Waals surface area contributed by atoms with Gasteiger partial charge in [0.2, 0.25) is 0 Å². The predicted molar refractivity (Wildman–Crippen MR) is 103 cm³/mol. The van der Waals surface area contributed by atoms with Gasteiger partial charge in [0.15, 0.2) is 28.4 Å². The molecule has 0 atom stereocenters. The van der Waals surface area contributed by atoms with Crippen LogP contribution in [-0.4, -0.2) is 31.3 Å². The summed E-state index contributed by atoms with van der Waals surface area (Å²) in [5, 5.41) is 3.03. The van der Waals surface area contributed by atoms with E-state index in [9.17, 15) is 40.3 Å². The summed E-state index contributed by atoms with van der Waals surface area (Å²) < 4.78 is 103. The minimum Gasteiger partial charge on any atom is -0.465 e. The number of rotatable bonds is 4. The highest BCUT2D eigenvalue weighted by molar-refractivity contribution is 7.80. The van der Waals surface area contributed by atoms with Crippen molar-refractivity contribution in [1.82, 2.24) is 0 Å². The number of benzene rings is 1. The van der Waals surface area contributed by atoms with Gasteiger partial charge in [-0.05, 0) is 24.7 Å². The molecule has 2 aromatic rings. The van der Waals surface area contributed by atoms with Gasteiger partial charge < -0.3 is 20.1 Å². The molecule has 6 nitrogen and oxygen atoms in total. The largest absolute Gasteiger partial charge is 0.465 e. The Bertz CT molecular complexity index is 1090. The van der Waals surface area contributed by atoms with Gasteiger partial charge in [-0.3, -0.25) is 0 Å². The third-order valence-corrected chi connectivity index (χ3v) is 5.31. The molecule has 0 aliphatic heterocycles. The van der Waals surface area contributed by atoms with Gasteiger partial charge in [-0.2, -0.15) is 13.2 Å². The maximum absolute atomic E-state index is 14.1. The molecule has 15 heteroatoms. The van der Waals surface area contributed by atoms with E-state index in [4.69, 9.17) is 12.2 Å². The second-order valence-corrected chi connectivity index (χ2v) is 7.26. The first-order valence-corrected chi connectivity index (χ1v) is 9.29. The first kappa shape index (κ1) is 25.3. The van der Waals surface area contributed by atoms with Crippen LogP contribution in [0.5, 0.6) is 0 Å². The Morgan fingerprint density at radius 1 is 0.906 bits per heavy atom. The highest BCUT2D eigenvalue weighted by Crippen LogP contribution is 2.39. The molecular formula is C17H11F7N2O4S2. The lowest BCUT2D eigenvalue weighted by Crippen LogP contribution is -2.24. The van der Waals surface area contributed by atoms with E-state index in [1.54, 1.807) is 5.32 Å². The maximum Gasteiger partial charge on any atom is 0.422 e. The fourth-order valence-electron chi connectivity index (χ4n) is 2.48. The number of anilines is 2. The van der Waals surface area contributed by atoms with E-state index in [-0.39, 0.29) is 21.0 Å². The van der Waals surface area contributed by atoms with Crippen LogP contribution in [0.1, 0.15) is 31.2 Å². The van der Waals surface area contributed by atoms with E-state index < -0.39 is 57.7 Å². The maximum atomic E-state index is 14.1. The lowest BCUT2D eigenvalue weighted by Gasteiger charge is -2.16. The third-order valence-electron chi connectivity index (χ3n) is 3.92. The molecule has 2 N–H and O–H groups in total. The van der Waals surface area contributed by atoms with Gasteiger partial charge in [0.1, 0.15) is 21.1 Å². The van der Waals surface area contributed by atoms with Crippen molar-refractivity contribution >= 4 is 51.3 Å². The fraction of sp³-hybridized carbons (Fsp3) is 0.235. The molecule has 0 saturated carbocycles. The number of alkyl halides is 3. The molecule has 32 heavy (non-hydrogen) atoms. The van der Waals surface area contributed by atoms with Crippen molar-refractivity contribution in [3.8, 4) is 0 Å². The first-order chi connectivity index (χ1) is 14.8. The van der Waals surface area contributed by atoms with E-state index >= 15 is 0 Å². The van der Waals surface area contributed by atoms with Crippen molar-refractivity contribution in [3.63, 3.8) is 0 Å². The first-order valence-electron chi connectivity index (χ1n) is 8.07. The Balaban J connectivity index is 2.47. The number of esters is 2. The molecule has 0 unspecified atom stereocenters. The highest BCUT2D eigenvalue weighted by Gasteiger charge is 2.42. The molecule has 0 bridgehead atoms. The van der Waals surface area contributed by atoms with Crippen LogP contribution < -0.4 is 10.6 Å². The zero-order chi connectivity index (χ0) is 24.5. The molecule has 1 aromatic heterocycles. The van der Waals surface area contributed by atoms with Gasteiger partial charge in [0.25, 0.3) is 0 Å². The van der Waals surface area contributed by atoms with Crippen molar-refractivity contribution < 1.29 is 49.8 Å². The molecule has 0 saturated heterocycles. The molecule has 174 valence electrons. The van der Waals surface area contributed by atoms with Crippen molar-refractivity contribution in [1.29, 1.82) is 0 Å². The topological polar surface area (TPSA) is 76.7 Å². The number of carbonyl (C=O) groups excluding carboxylic acids is 2. The smallest absolute Gasteiger partial charge is 0.422 e. The number of methoxy groups -OCH3 is 2. The molecular weight excluding hydrogens is 493 g/mol. The van der Waals surface area contributed by atoms with Crippen LogP contribution in [0.4, 0.5) is 41.4 Å². The van der Waals surface area contributed by atoms with E-state index in [0.717, 1.165) is 14.2 Å².